The molecule has 4 N–H and O–H groups in total. The van der Waals surface area contributed by atoms with Crippen molar-refractivity contribution in [2.75, 3.05) is 37.1 Å². The summed E-state index contributed by atoms with van der Waals surface area (Å²) in [7, 11) is 2.90. The van der Waals surface area contributed by atoms with E-state index in [0.29, 0.717) is 10.3 Å². The number of aromatic nitrogens is 4. The van der Waals surface area contributed by atoms with Gasteiger partial charge in [-0.05, 0) is 64.4 Å². The number of hydrogen-bond acceptors (Lipinski definition) is 11. The van der Waals surface area contributed by atoms with Crippen LogP contribution in [-0.4, -0.2) is 62.4 Å². The summed E-state index contributed by atoms with van der Waals surface area (Å²) in [5.41, 5.74) is 12.1. The molecule has 2 aromatic heterocycles. The fourth-order valence-corrected chi connectivity index (χ4v) is 4.59. The normalized spacial score (nSPS) is 10.1. The molecule has 1 amide bonds. The zero-order valence-corrected chi connectivity index (χ0v) is 27.5. The Morgan fingerprint density at radius 1 is 0.884 bits per heavy atom. The molecular weight excluding hydrogens is 711 g/mol. The van der Waals surface area contributed by atoms with E-state index >= 15 is 0 Å². The molecule has 0 bridgehead atoms. The van der Waals surface area contributed by atoms with E-state index in [9.17, 15) is 18.4 Å². The van der Waals surface area contributed by atoms with Crippen LogP contribution in [-0.2, 0) is 4.84 Å². The lowest BCUT2D eigenvalue weighted by Gasteiger charge is -2.14. The van der Waals surface area contributed by atoms with Crippen molar-refractivity contribution < 1.29 is 23.2 Å². The van der Waals surface area contributed by atoms with Gasteiger partial charge in [-0.1, -0.05) is 55.6 Å². The molecule has 0 fully saturated rings. The van der Waals surface area contributed by atoms with Gasteiger partial charge in [0.05, 0.1) is 12.7 Å². The number of anilines is 2. The summed E-state index contributed by atoms with van der Waals surface area (Å²) in [6, 6.07) is 11.9. The van der Waals surface area contributed by atoms with Gasteiger partial charge in [-0.3, -0.25) is 14.4 Å². The van der Waals surface area contributed by atoms with E-state index in [-0.39, 0.29) is 45.8 Å². The molecule has 2 heterocycles. The maximum atomic E-state index is 13.1. The Balaban J connectivity index is 0.000000243. The Labute approximate surface area is 270 Å². The van der Waals surface area contributed by atoms with Crippen LogP contribution in [0.15, 0.2) is 71.2 Å². The maximum absolute atomic E-state index is 13.1. The number of thioether (sulfide) groups is 2. The van der Waals surface area contributed by atoms with Gasteiger partial charge in [-0.2, -0.15) is 0 Å². The molecule has 4 aromatic rings. The lowest BCUT2D eigenvalue weighted by Crippen LogP contribution is -2.26. The number of ketones is 1. The third-order valence-corrected chi connectivity index (χ3v) is 7.21. The van der Waals surface area contributed by atoms with Crippen LogP contribution in [0.4, 0.5) is 20.4 Å². The van der Waals surface area contributed by atoms with E-state index < -0.39 is 5.82 Å². The highest BCUT2D eigenvalue weighted by molar-refractivity contribution is 14.1. The van der Waals surface area contributed by atoms with Crippen molar-refractivity contribution in [3.63, 3.8) is 0 Å². The largest absolute Gasteiger partial charge is 0.383 e. The summed E-state index contributed by atoms with van der Waals surface area (Å²) in [6.07, 6.45) is 2.80. The Hall–Kier alpha value is -3.41. The van der Waals surface area contributed by atoms with E-state index in [2.05, 4.69) is 42.5 Å². The molecule has 0 aliphatic heterocycles. The van der Waals surface area contributed by atoms with Gasteiger partial charge in [0, 0.05) is 28.6 Å². The molecule has 228 valence electrons. The lowest BCUT2D eigenvalue weighted by atomic mass is 10.1. The minimum atomic E-state index is -0.469. The molecule has 2 aromatic carbocycles. The first-order valence-corrected chi connectivity index (χ1v) is 15.6. The zero-order valence-electron chi connectivity index (χ0n) is 23.8. The summed E-state index contributed by atoms with van der Waals surface area (Å²) in [5, 5.41) is 2.16. The molecule has 15 heteroatoms. The lowest BCUT2D eigenvalue weighted by molar-refractivity contribution is -0.0756. The van der Waals surface area contributed by atoms with Crippen molar-refractivity contribution in [1.82, 2.24) is 25.0 Å². The molecule has 10 nitrogen and oxygen atoms in total. The number of carbonyl (C=O) groups excluding carboxylic acids is 2. The minimum absolute atomic E-state index is 0.111. The predicted octanol–water partition coefficient (Wildman–Crippen LogP) is 5.78. The SMILES string of the molecule is CCSc1ncc(C(=O)N(C)OC)c(N)n1.CCSc1ncc(C(=O)c2cccc(F)c2)c(N)n1.Fc1cccc(I)c1. The smallest absolute Gasteiger partial charge is 0.282 e. The number of hydroxylamine groups is 2. The van der Waals surface area contributed by atoms with Gasteiger partial charge in [0.2, 0.25) is 0 Å². The Bertz CT molecular complexity index is 1520. The van der Waals surface area contributed by atoms with Gasteiger partial charge in [-0.15, -0.1) is 0 Å². The van der Waals surface area contributed by atoms with Crippen molar-refractivity contribution >= 4 is 69.4 Å². The average molecular weight is 742 g/mol. The number of hydrogen-bond donors (Lipinski definition) is 2. The molecule has 0 saturated heterocycles. The molecule has 0 aliphatic rings. The van der Waals surface area contributed by atoms with Crippen molar-refractivity contribution in [1.29, 1.82) is 0 Å². The van der Waals surface area contributed by atoms with Crippen molar-refractivity contribution in [2.45, 2.75) is 24.2 Å². The number of rotatable bonds is 8. The highest BCUT2D eigenvalue weighted by Crippen LogP contribution is 2.19. The highest BCUT2D eigenvalue weighted by atomic mass is 127. The molecule has 0 unspecified atom stereocenters. The van der Waals surface area contributed by atoms with Crippen LogP contribution in [0, 0.1) is 15.2 Å². The summed E-state index contributed by atoms with van der Waals surface area (Å²) >= 11 is 4.97. The average Bonchev–Trinajstić information content (AvgIpc) is 2.97. The Morgan fingerprint density at radius 3 is 1.81 bits per heavy atom. The standard InChI is InChI=1S/C13H12FN3OS.C9H14N4O2S.C6H4FI/c1-2-19-13-16-7-10(12(15)17-13)11(18)8-4-3-5-9(14)6-8;1-4-16-9-11-5-6(7(10)12-9)8(14)13(2)15-3;7-5-2-1-3-6(8)4-5/h3-7H,2H2,1H3,(H2,15,16,17);5H,4H2,1-3H3,(H2,10,11,12);1-4H. The second kappa shape index (κ2) is 18.3. The fourth-order valence-electron chi connectivity index (χ4n) is 2.99. The third kappa shape index (κ3) is 11.7. The zero-order chi connectivity index (χ0) is 31.9. The topological polar surface area (TPSA) is 150 Å². The summed E-state index contributed by atoms with van der Waals surface area (Å²) in [5.74, 6) is 0.556. The monoisotopic (exact) mass is 741 g/mol. The number of halogens is 3. The third-order valence-electron chi connectivity index (χ3n) is 5.05. The van der Waals surface area contributed by atoms with Gasteiger partial charge in [0.1, 0.15) is 28.8 Å². The summed E-state index contributed by atoms with van der Waals surface area (Å²) in [6.45, 7) is 3.96. The van der Waals surface area contributed by atoms with Gasteiger partial charge >= 0.3 is 0 Å². The maximum Gasteiger partial charge on any atom is 0.282 e. The number of nitrogens with zero attached hydrogens (tertiary/aromatic N) is 5. The fraction of sp³-hybridized carbons (Fsp3) is 0.214. The van der Waals surface area contributed by atoms with Crippen molar-refractivity contribution in [2.24, 2.45) is 0 Å². The second-order valence-electron chi connectivity index (χ2n) is 8.03. The molecule has 0 aliphatic carbocycles. The quantitative estimate of drug-likeness (QED) is 0.0745. The number of nitrogens with two attached hydrogens (primary N) is 2. The number of carbonyl (C=O) groups is 2. The van der Waals surface area contributed by atoms with E-state index in [1.807, 2.05) is 19.9 Å². The number of benzene rings is 2. The van der Waals surface area contributed by atoms with E-state index in [0.717, 1.165) is 26.2 Å². The van der Waals surface area contributed by atoms with Crippen LogP contribution in [0.25, 0.3) is 0 Å². The molecule has 0 atom stereocenters. The molecule has 0 saturated carbocycles. The predicted molar refractivity (Wildman–Crippen MR) is 174 cm³/mol. The second-order valence-corrected chi connectivity index (χ2v) is 11.7. The number of amides is 1. The van der Waals surface area contributed by atoms with Gasteiger partial charge < -0.3 is 11.5 Å². The molecular formula is C28H30F2IN7O3S2. The number of nitrogen functional groups attached to an aromatic ring is 2. The van der Waals surface area contributed by atoms with Crippen molar-refractivity contribution in [3.8, 4) is 0 Å². The van der Waals surface area contributed by atoms with Crippen LogP contribution in [0.1, 0.15) is 40.1 Å². The first kappa shape index (κ1) is 35.8. The van der Waals surface area contributed by atoms with Crippen LogP contribution in [0.2, 0.25) is 0 Å². The minimum Gasteiger partial charge on any atom is -0.383 e. The first-order valence-electron chi connectivity index (χ1n) is 12.5. The Kier molecular flexibility index (Phi) is 15.2. The summed E-state index contributed by atoms with van der Waals surface area (Å²) in [4.78, 5) is 44.8. The van der Waals surface area contributed by atoms with Gasteiger partial charge in [0.15, 0.2) is 16.1 Å². The molecule has 43 heavy (non-hydrogen) atoms. The molecule has 4 rings (SSSR count). The van der Waals surface area contributed by atoms with Gasteiger partial charge in [-0.25, -0.2) is 33.8 Å². The van der Waals surface area contributed by atoms with E-state index in [1.54, 1.807) is 6.07 Å². The Morgan fingerprint density at radius 2 is 1.40 bits per heavy atom. The van der Waals surface area contributed by atoms with Crippen LogP contribution in [0.3, 0.4) is 0 Å². The van der Waals surface area contributed by atoms with Crippen molar-refractivity contribution in [3.05, 3.63) is 92.8 Å². The van der Waals surface area contributed by atoms with Crippen LogP contribution in [0.5, 0.6) is 0 Å². The first-order chi connectivity index (χ1) is 20.5. The molecule has 0 radical (unpaired) electrons. The highest BCUT2D eigenvalue weighted by Gasteiger charge is 2.17. The molecule has 0 spiro atoms. The van der Waals surface area contributed by atoms with Crippen LogP contribution >= 0.6 is 46.1 Å². The van der Waals surface area contributed by atoms with E-state index in [1.165, 1.54) is 80.4 Å². The van der Waals surface area contributed by atoms with E-state index in [4.69, 9.17) is 16.3 Å². The summed E-state index contributed by atoms with van der Waals surface area (Å²) < 4.78 is 26.2. The van der Waals surface area contributed by atoms with Gasteiger partial charge in [0.25, 0.3) is 5.91 Å². The van der Waals surface area contributed by atoms with Crippen LogP contribution < -0.4 is 11.5 Å².